The molecule has 3 heterocycles. The molecule has 3 rings (SSSR count). The standard InChI is InChI=1S/3C5H7NO3.Cu.Na/c3*7-4-2-1-3-6(4)5(8)9;;/h3*1-3H2,(H,8,9);;/q;;;+2;+1/p-3. The molecular formula is C15H18CuN3NaO9. The summed E-state index contributed by atoms with van der Waals surface area (Å²) in [7, 11) is 0. The third kappa shape index (κ3) is 9.59. The number of carbonyl (C=O) groups excluding carboxylic acids is 6. The Balaban J connectivity index is 0. The average Bonchev–Trinajstić information content (AvgIpc) is 3.29. The second-order valence-corrected chi connectivity index (χ2v) is 5.74. The van der Waals surface area contributed by atoms with Crippen molar-refractivity contribution in [2.24, 2.45) is 0 Å². The summed E-state index contributed by atoms with van der Waals surface area (Å²) in [6.07, 6.45) is -1.21. The maximum Gasteiger partial charge on any atom is 2.00 e. The van der Waals surface area contributed by atoms with Gasteiger partial charge in [-0.1, -0.05) is 0 Å². The zero-order valence-corrected chi connectivity index (χ0v) is 18.6. The van der Waals surface area contributed by atoms with Crippen LogP contribution in [0.2, 0.25) is 0 Å². The normalized spacial score (nSPS) is 17.4. The Kier molecular flexibility index (Phi) is 14.6. The second-order valence-electron chi connectivity index (χ2n) is 5.74. The van der Waals surface area contributed by atoms with Crippen LogP contribution >= 0.6 is 0 Å². The molecule has 0 aromatic carbocycles. The number of nitrogens with zero attached hydrogens (tertiary/aromatic N) is 3. The zero-order chi connectivity index (χ0) is 20.6. The third-order valence-corrected chi connectivity index (χ3v) is 3.88. The van der Waals surface area contributed by atoms with Crippen LogP contribution in [-0.4, -0.2) is 70.3 Å². The van der Waals surface area contributed by atoms with Gasteiger partial charge < -0.3 is 29.7 Å². The molecule has 0 aliphatic carbocycles. The fourth-order valence-corrected chi connectivity index (χ4v) is 2.52. The van der Waals surface area contributed by atoms with E-state index in [0.29, 0.717) is 58.2 Å². The number of carbonyl (C=O) groups is 6. The third-order valence-electron chi connectivity index (χ3n) is 3.88. The van der Waals surface area contributed by atoms with Crippen LogP contribution in [-0.2, 0) is 31.5 Å². The van der Waals surface area contributed by atoms with Gasteiger partial charge in [-0.3, -0.25) is 29.1 Å². The predicted molar refractivity (Wildman–Crippen MR) is 79.0 cm³/mol. The summed E-state index contributed by atoms with van der Waals surface area (Å²) in [6.45, 7) is 0.920. The summed E-state index contributed by atoms with van der Waals surface area (Å²) in [4.78, 5) is 63.8. The van der Waals surface area contributed by atoms with Gasteiger partial charge in [0.15, 0.2) is 0 Å². The molecule has 29 heavy (non-hydrogen) atoms. The summed E-state index contributed by atoms with van der Waals surface area (Å²) in [5, 5.41) is 30.0. The van der Waals surface area contributed by atoms with Gasteiger partial charge in [0.25, 0.3) is 0 Å². The average molecular weight is 471 g/mol. The van der Waals surface area contributed by atoms with Crippen LogP contribution in [0, 0.1) is 0 Å². The Labute approximate surface area is 198 Å². The number of imide groups is 3. The molecule has 14 heteroatoms. The zero-order valence-electron chi connectivity index (χ0n) is 15.7. The molecule has 159 valence electrons. The van der Waals surface area contributed by atoms with Crippen molar-refractivity contribution in [1.29, 1.82) is 0 Å². The van der Waals surface area contributed by atoms with E-state index in [9.17, 15) is 44.1 Å². The van der Waals surface area contributed by atoms with E-state index >= 15 is 0 Å². The Morgan fingerprint density at radius 1 is 0.586 bits per heavy atom. The van der Waals surface area contributed by atoms with Crippen LogP contribution in [0.1, 0.15) is 38.5 Å². The van der Waals surface area contributed by atoms with Crippen LogP contribution in [0.25, 0.3) is 0 Å². The molecular weight excluding hydrogens is 453 g/mol. The molecule has 0 unspecified atom stereocenters. The Morgan fingerprint density at radius 3 is 0.862 bits per heavy atom. The Morgan fingerprint density at radius 2 is 0.793 bits per heavy atom. The van der Waals surface area contributed by atoms with Gasteiger partial charge in [-0.05, 0) is 19.3 Å². The minimum absolute atomic E-state index is 0. The van der Waals surface area contributed by atoms with Gasteiger partial charge in [-0.15, -0.1) is 0 Å². The van der Waals surface area contributed by atoms with E-state index in [2.05, 4.69) is 0 Å². The van der Waals surface area contributed by atoms with Crippen molar-refractivity contribution in [3.05, 3.63) is 0 Å². The topological polar surface area (TPSA) is 181 Å². The molecule has 1 radical (unpaired) electrons. The number of carboxylic acid groups (broad SMARTS) is 3. The Hall–Kier alpha value is -1.66. The quantitative estimate of drug-likeness (QED) is 0.311. The number of hydrogen-bond donors (Lipinski definition) is 0. The van der Waals surface area contributed by atoms with Crippen molar-refractivity contribution in [3.8, 4) is 0 Å². The van der Waals surface area contributed by atoms with Crippen molar-refractivity contribution in [2.75, 3.05) is 19.6 Å². The number of likely N-dealkylation sites (tertiary alicyclic amines) is 3. The van der Waals surface area contributed by atoms with Crippen molar-refractivity contribution in [3.63, 3.8) is 0 Å². The molecule has 3 fully saturated rings. The molecule has 0 N–H and O–H groups in total. The molecule has 12 nitrogen and oxygen atoms in total. The number of hydrogen-bond acceptors (Lipinski definition) is 9. The van der Waals surface area contributed by atoms with Gasteiger partial charge in [0.2, 0.25) is 17.7 Å². The first kappa shape index (κ1) is 29.5. The van der Waals surface area contributed by atoms with Crippen molar-refractivity contribution >= 4 is 36.0 Å². The van der Waals surface area contributed by atoms with E-state index in [0.717, 1.165) is 14.7 Å². The maximum atomic E-state index is 10.5. The molecule has 0 aromatic heterocycles. The first-order valence-corrected chi connectivity index (χ1v) is 8.19. The fourth-order valence-electron chi connectivity index (χ4n) is 2.52. The van der Waals surface area contributed by atoms with E-state index in [4.69, 9.17) is 0 Å². The summed E-state index contributed by atoms with van der Waals surface area (Å²) in [5.74, 6) is -1.01. The van der Waals surface area contributed by atoms with E-state index in [1.807, 2.05) is 0 Å². The molecule has 6 amide bonds. The van der Waals surface area contributed by atoms with Crippen LogP contribution < -0.4 is 44.9 Å². The van der Waals surface area contributed by atoms with Gasteiger partial charge in [0, 0.05) is 38.9 Å². The van der Waals surface area contributed by atoms with Crippen LogP contribution in [0.5, 0.6) is 0 Å². The van der Waals surface area contributed by atoms with Gasteiger partial charge in [0.1, 0.15) is 18.3 Å². The molecule has 3 saturated heterocycles. The summed E-state index contributed by atoms with van der Waals surface area (Å²) in [5.41, 5.74) is 0. The van der Waals surface area contributed by atoms with Crippen LogP contribution in [0.4, 0.5) is 14.4 Å². The predicted octanol–water partition coefficient (Wildman–Crippen LogP) is -6.14. The molecule has 0 spiro atoms. The van der Waals surface area contributed by atoms with E-state index in [1.165, 1.54) is 0 Å². The van der Waals surface area contributed by atoms with Crippen molar-refractivity contribution < 1.29 is 90.7 Å². The van der Waals surface area contributed by atoms with Crippen LogP contribution in [0.15, 0.2) is 0 Å². The molecule has 3 aliphatic heterocycles. The minimum atomic E-state index is -1.38. The molecule has 0 atom stereocenters. The van der Waals surface area contributed by atoms with Crippen molar-refractivity contribution in [1.82, 2.24) is 14.7 Å². The summed E-state index contributed by atoms with van der Waals surface area (Å²) >= 11 is 0. The molecule has 3 aliphatic rings. The van der Waals surface area contributed by atoms with Gasteiger partial charge in [0.05, 0.1) is 0 Å². The molecule has 0 aromatic rings. The molecule has 0 saturated carbocycles. The van der Waals surface area contributed by atoms with Gasteiger partial charge in [-0.25, -0.2) is 0 Å². The number of amides is 6. The number of rotatable bonds is 0. The first-order valence-electron chi connectivity index (χ1n) is 8.19. The first-order chi connectivity index (χ1) is 12.6. The largest absolute Gasteiger partial charge is 2.00 e. The SMILES string of the molecule is O=C([O-])N1CCCC1=O.O=C([O-])N1CCCC1=O.O=C([O-])N1CCCC1=O.[Cu+2].[Na+]. The summed E-state index contributed by atoms with van der Waals surface area (Å²) in [6, 6.07) is 0. The van der Waals surface area contributed by atoms with Gasteiger partial charge >= 0.3 is 46.6 Å². The van der Waals surface area contributed by atoms with Gasteiger partial charge in [-0.2, -0.15) is 0 Å². The Bertz CT molecular complexity index is 561. The molecule has 0 bridgehead atoms. The van der Waals surface area contributed by atoms with E-state index in [1.54, 1.807) is 0 Å². The maximum absolute atomic E-state index is 10.5. The second kappa shape index (κ2) is 14.3. The monoisotopic (exact) mass is 470 g/mol. The van der Waals surface area contributed by atoms with Crippen molar-refractivity contribution in [2.45, 2.75) is 38.5 Å². The smallest absolute Gasteiger partial charge is 0.530 e. The fraction of sp³-hybridized carbons (Fsp3) is 0.600. The van der Waals surface area contributed by atoms with E-state index < -0.39 is 18.3 Å². The van der Waals surface area contributed by atoms with Crippen LogP contribution in [0.3, 0.4) is 0 Å². The minimum Gasteiger partial charge on any atom is -0.530 e. The van der Waals surface area contributed by atoms with E-state index in [-0.39, 0.29) is 64.3 Å². The summed E-state index contributed by atoms with van der Waals surface area (Å²) < 4.78 is 0.